The Morgan fingerprint density at radius 3 is 1.53 bits per heavy atom. The van der Waals surface area contributed by atoms with Crippen molar-refractivity contribution in [3.05, 3.63) is 112 Å². The van der Waals surface area contributed by atoms with Crippen LogP contribution in [-0.2, 0) is 10.8 Å². The van der Waals surface area contributed by atoms with Crippen LogP contribution in [0.1, 0.15) is 49.9 Å². The van der Waals surface area contributed by atoms with E-state index in [9.17, 15) is 0 Å². The highest BCUT2D eigenvalue weighted by molar-refractivity contribution is 9.10. The zero-order valence-electron chi connectivity index (χ0n) is 18.9. The molecule has 0 saturated heterocycles. The van der Waals surface area contributed by atoms with Gasteiger partial charge in [0.05, 0.1) is 17.1 Å². The molecule has 0 bridgehead atoms. The van der Waals surface area contributed by atoms with Crippen LogP contribution in [0, 0.1) is 0 Å². The van der Waals surface area contributed by atoms with Crippen LogP contribution in [0.4, 0.5) is 17.1 Å². The molecule has 6 rings (SSSR count). The van der Waals surface area contributed by atoms with E-state index in [1.807, 2.05) is 0 Å². The molecule has 0 fully saturated rings. The number of nitrogens with zero attached hydrogens (tertiary/aromatic N) is 1. The van der Waals surface area contributed by atoms with E-state index >= 15 is 0 Å². The summed E-state index contributed by atoms with van der Waals surface area (Å²) in [6.07, 6.45) is 0. The highest BCUT2D eigenvalue weighted by Gasteiger charge is 2.45. The van der Waals surface area contributed by atoms with Crippen molar-refractivity contribution in [2.24, 2.45) is 0 Å². The van der Waals surface area contributed by atoms with Gasteiger partial charge in [-0.1, -0.05) is 92.2 Å². The van der Waals surface area contributed by atoms with Gasteiger partial charge in [0, 0.05) is 15.3 Å². The topological polar surface area (TPSA) is 3.24 Å². The summed E-state index contributed by atoms with van der Waals surface area (Å²) in [5, 5.41) is 0. The highest BCUT2D eigenvalue weighted by atomic mass is 79.9. The highest BCUT2D eigenvalue weighted by Crippen LogP contribution is 2.60. The van der Waals surface area contributed by atoms with Crippen LogP contribution in [0.2, 0.25) is 0 Å². The summed E-state index contributed by atoms with van der Waals surface area (Å²) in [5.41, 5.74) is 11.9. The minimum Gasteiger partial charge on any atom is -0.309 e. The van der Waals surface area contributed by atoms with E-state index in [-0.39, 0.29) is 10.8 Å². The molecule has 0 aliphatic carbocycles. The van der Waals surface area contributed by atoms with Crippen LogP contribution >= 0.6 is 15.9 Å². The lowest BCUT2D eigenvalue weighted by molar-refractivity contribution is 0.598. The summed E-state index contributed by atoms with van der Waals surface area (Å²) in [5.74, 6) is 0. The molecule has 2 aliphatic rings. The zero-order valence-corrected chi connectivity index (χ0v) is 20.5. The third-order valence-electron chi connectivity index (χ3n) is 7.49. The minimum atomic E-state index is -0.0923. The Hall–Kier alpha value is -2.84. The Labute approximate surface area is 198 Å². The van der Waals surface area contributed by atoms with Crippen LogP contribution in [0.25, 0.3) is 11.1 Å². The monoisotopic (exact) mass is 479 g/mol. The maximum absolute atomic E-state index is 3.59. The maximum Gasteiger partial charge on any atom is 0.0544 e. The minimum absolute atomic E-state index is 0.0923. The Balaban J connectivity index is 1.74. The zero-order chi connectivity index (χ0) is 22.3. The van der Waals surface area contributed by atoms with Crippen molar-refractivity contribution in [1.29, 1.82) is 0 Å². The third-order valence-corrected chi connectivity index (χ3v) is 8.02. The van der Waals surface area contributed by atoms with Gasteiger partial charge in [-0.15, -0.1) is 0 Å². The number of hydrogen-bond donors (Lipinski definition) is 0. The third kappa shape index (κ3) is 2.56. The van der Waals surface area contributed by atoms with Crippen LogP contribution in [-0.4, -0.2) is 0 Å². The van der Waals surface area contributed by atoms with Gasteiger partial charge < -0.3 is 4.90 Å². The van der Waals surface area contributed by atoms with Crippen molar-refractivity contribution in [2.45, 2.75) is 38.5 Å². The molecule has 2 aliphatic heterocycles. The van der Waals surface area contributed by atoms with Gasteiger partial charge in [-0.2, -0.15) is 0 Å². The second-order valence-electron chi connectivity index (χ2n) is 10.0. The number of para-hydroxylation sites is 2. The Morgan fingerprint density at radius 1 is 0.562 bits per heavy atom. The molecular weight excluding hydrogens is 454 g/mol. The summed E-state index contributed by atoms with van der Waals surface area (Å²) in [4.78, 5) is 2.51. The predicted octanol–water partition coefficient (Wildman–Crippen LogP) is 8.86. The molecule has 0 unspecified atom stereocenters. The summed E-state index contributed by atoms with van der Waals surface area (Å²) in [6.45, 7) is 9.49. The molecular formula is C30H26BrN. The fourth-order valence-electron chi connectivity index (χ4n) is 5.69. The Bertz CT molecular complexity index is 1300. The number of anilines is 3. The first-order chi connectivity index (χ1) is 15.3. The van der Waals surface area contributed by atoms with Crippen LogP contribution in [0.3, 0.4) is 0 Å². The maximum atomic E-state index is 3.59. The van der Waals surface area contributed by atoms with Gasteiger partial charge in [0.25, 0.3) is 0 Å². The molecule has 0 radical (unpaired) electrons. The second kappa shape index (κ2) is 6.59. The number of rotatable bonds is 1. The van der Waals surface area contributed by atoms with Crippen LogP contribution in [0.15, 0.2) is 89.4 Å². The number of benzene rings is 4. The van der Waals surface area contributed by atoms with Crippen molar-refractivity contribution in [3.63, 3.8) is 0 Å². The smallest absolute Gasteiger partial charge is 0.0544 e. The lowest BCUT2D eigenvalue weighted by Gasteiger charge is -2.49. The molecule has 0 N–H and O–H groups in total. The first kappa shape index (κ1) is 19.8. The SMILES string of the molecule is CC1(C)c2ccccc2N2c3ccccc3C(C)(C)c3cc(-c4ccc(Br)cc4)cc1c32. The van der Waals surface area contributed by atoms with E-state index in [1.165, 1.54) is 50.4 Å². The van der Waals surface area contributed by atoms with E-state index < -0.39 is 0 Å². The Kier molecular flexibility index (Phi) is 4.08. The lowest BCUT2D eigenvalue weighted by Crippen LogP contribution is -2.38. The van der Waals surface area contributed by atoms with Gasteiger partial charge in [-0.3, -0.25) is 0 Å². The number of halogens is 1. The molecule has 1 nitrogen and oxygen atoms in total. The molecule has 32 heavy (non-hydrogen) atoms. The first-order valence-electron chi connectivity index (χ1n) is 11.2. The molecule has 158 valence electrons. The first-order valence-corrected chi connectivity index (χ1v) is 12.0. The van der Waals surface area contributed by atoms with E-state index in [0.717, 1.165) is 4.47 Å². The number of hydrogen-bond acceptors (Lipinski definition) is 1. The summed E-state index contributed by atoms with van der Waals surface area (Å²) < 4.78 is 1.11. The number of fused-ring (bicyclic) bond motifs is 4. The van der Waals surface area contributed by atoms with Crippen molar-refractivity contribution in [2.75, 3.05) is 4.90 Å². The van der Waals surface area contributed by atoms with Crippen molar-refractivity contribution in [3.8, 4) is 11.1 Å². The quantitative estimate of drug-likeness (QED) is 0.263. The van der Waals surface area contributed by atoms with Gasteiger partial charge in [0.2, 0.25) is 0 Å². The molecule has 0 aromatic heterocycles. The molecule has 0 atom stereocenters. The molecule has 4 aromatic carbocycles. The van der Waals surface area contributed by atoms with Gasteiger partial charge in [-0.25, -0.2) is 0 Å². The average Bonchev–Trinajstić information content (AvgIpc) is 2.79. The normalized spacial score (nSPS) is 16.7. The van der Waals surface area contributed by atoms with Gasteiger partial charge in [0.1, 0.15) is 0 Å². The molecule has 2 heteroatoms. The van der Waals surface area contributed by atoms with Crippen molar-refractivity contribution >= 4 is 33.0 Å². The summed E-state index contributed by atoms with van der Waals surface area (Å²) in [6, 6.07) is 31.4. The molecule has 4 aromatic rings. The summed E-state index contributed by atoms with van der Waals surface area (Å²) in [7, 11) is 0. The Morgan fingerprint density at radius 2 is 1.03 bits per heavy atom. The van der Waals surface area contributed by atoms with Crippen LogP contribution in [0.5, 0.6) is 0 Å². The van der Waals surface area contributed by atoms with E-state index in [0.29, 0.717) is 0 Å². The van der Waals surface area contributed by atoms with Gasteiger partial charge in [0.15, 0.2) is 0 Å². The standard InChI is InChI=1S/C30H26BrN/c1-29(2)22-9-5-7-11-26(22)32-27-12-8-6-10-23(27)30(3,4)25-18-20(17-24(29)28(25)32)19-13-15-21(31)16-14-19/h5-18H,1-4H3. The predicted molar refractivity (Wildman–Crippen MR) is 139 cm³/mol. The fourth-order valence-corrected chi connectivity index (χ4v) is 5.96. The van der Waals surface area contributed by atoms with E-state index in [1.54, 1.807) is 0 Å². The largest absolute Gasteiger partial charge is 0.309 e. The van der Waals surface area contributed by atoms with Gasteiger partial charge >= 0.3 is 0 Å². The molecule has 0 amide bonds. The fraction of sp³-hybridized carbons (Fsp3) is 0.200. The second-order valence-corrected chi connectivity index (χ2v) is 11.0. The van der Waals surface area contributed by atoms with Gasteiger partial charge in [-0.05, 0) is 69.8 Å². The molecule has 2 heterocycles. The van der Waals surface area contributed by atoms with Crippen molar-refractivity contribution < 1.29 is 0 Å². The lowest BCUT2D eigenvalue weighted by atomic mass is 9.65. The summed E-state index contributed by atoms with van der Waals surface area (Å²) >= 11 is 3.59. The average molecular weight is 480 g/mol. The molecule has 0 spiro atoms. The van der Waals surface area contributed by atoms with Crippen molar-refractivity contribution in [1.82, 2.24) is 0 Å². The van der Waals surface area contributed by atoms with Crippen LogP contribution < -0.4 is 4.90 Å². The molecule has 0 saturated carbocycles. The van der Waals surface area contributed by atoms with E-state index in [4.69, 9.17) is 0 Å². The van der Waals surface area contributed by atoms with E-state index in [2.05, 4.69) is 133 Å².